The molecule has 1 aliphatic rings. The zero-order valence-electron chi connectivity index (χ0n) is 17.1. The summed E-state index contributed by atoms with van der Waals surface area (Å²) in [6.07, 6.45) is 1.85. The third-order valence-corrected chi connectivity index (χ3v) is 6.19. The van der Waals surface area contributed by atoms with Gasteiger partial charge in [0, 0.05) is 6.20 Å². The monoisotopic (exact) mass is 481 g/mol. The van der Waals surface area contributed by atoms with Crippen molar-refractivity contribution in [1.29, 1.82) is 0 Å². The summed E-state index contributed by atoms with van der Waals surface area (Å²) in [4.78, 5) is 9.17. The number of halogens is 3. The number of imidazole rings is 1. The Morgan fingerprint density at radius 1 is 0.875 bits per heavy atom. The van der Waals surface area contributed by atoms with Crippen molar-refractivity contribution < 1.29 is 4.74 Å². The fourth-order valence-electron chi connectivity index (χ4n) is 3.75. The first-order valence-electron chi connectivity index (χ1n) is 10.1. The van der Waals surface area contributed by atoms with Gasteiger partial charge in [-0.1, -0.05) is 76.8 Å². The van der Waals surface area contributed by atoms with E-state index in [4.69, 9.17) is 44.5 Å². The van der Waals surface area contributed by atoms with Gasteiger partial charge in [-0.2, -0.15) is 0 Å². The molecule has 4 aromatic rings. The molecule has 4 nitrogen and oxygen atoms in total. The second kappa shape index (κ2) is 8.62. The highest BCUT2D eigenvalue weighted by atomic mass is 35.5. The Morgan fingerprint density at radius 3 is 2.31 bits per heavy atom. The van der Waals surface area contributed by atoms with Gasteiger partial charge >= 0.3 is 0 Å². The van der Waals surface area contributed by atoms with Crippen molar-refractivity contribution in [3.63, 3.8) is 0 Å². The third-order valence-electron chi connectivity index (χ3n) is 5.26. The van der Waals surface area contributed by atoms with Crippen LogP contribution in [-0.4, -0.2) is 28.6 Å². The minimum absolute atomic E-state index is 0.498. The van der Waals surface area contributed by atoms with E-state index in [-0.39, 0.29) is 0 Å². The second-order valence-electron chi connectivity index (χ2n) is 7.49. The average Bonchev–Trinajstić information content (AvgIpc) is 3.44. The molecular weight excluding hydrogens is 465 g/mol. The first-order chi connectivity index (χ1) is 15.5. The molecule has 32 heavy (non-hydrogen) atoms. The van der Waals surface area contributed by atoms with E-state index in [2.05, 4.69) is 30.1 Å². The third kappa shape index (κ3) is 3.90. The predicted octanol–water partition coefficient (Wildman–Crippen LogP) is 7.25. The number of aryl methyl sites for hydroxylation is 1. The van der Waals surface area contributed by atoms with Gasteiger partial charge < -0.3 is 4.74 Å². The lowest BCUT2D eigenvalue weighted by molar-refractivity contribution is 0.347. The summed E-state index contributed by atoms with van der Waals surface area (Å²) in [6, 6.07) is 19.6. The molecule has 2 heterocycles. The van der Waals surface area contributed by atoms with Gasteiger partial charge in [-0.15, -0.1) is 0 Å². The van der Waals surface area contributed by atoms with Crippen LogP contribution in [0.2, 0.25) is 15.1 Å². The van der Waals surface area contributed by atoms with Gasteiger partial charge in [0.25, 0.3) is 0 Å². The van der Waals surface area contributed by atoms with Crippen LogP contribution < -0.4 is 0 Å². The fraction of sp³-hybridized carbons (Fsp3) is 0.120. The Labute approximate surface area is 201 Å². The van der Waals surface area contributed by atoms with Gasteiger partial charge in [0.05, 0.1) is 32.9 Å². The van der Waals surface area contributed by atoms with Gasteiger partial charge in [0.1, 0.15) is 18.1 Å². The smallest absolute Gasteiger partial charge is 0.237 e. The highest BCUT2D eigenvalue weighted by Crippen LogP contribution is 2.37. The molecule has 1 aromatic heterocycles. The summed E-state index contributed by atoms with van der Waals surface area (Å²) in [6.45, 7) is 3.21. The summed E-state index contributed by atoms with van der Waals surface area (Å²) in [5, 5.41) is 1.57. The van der Waals surface area contributed by atoms with E-state index in [1.165, 1.54) is 5.56 Å². The Hall–Kier alpha value is -2.79. The van der Waals surface area contributed by atoms with Crippen molar-refractivity contribution >= 4 is 40.7 Å². The number of nitrogens with zero attached hydrogens (tertiary/aromatic N) is 3. The molecule has 0 bridgehead atoms. The van der Waals surface area contributed by atoms with Gasteiger partial charge in [-0.05, 0) is 42.3 Å². The molecule has 0 saturated carbocycles. The van der Waals surface area contributed by atoms with Crippen molar-refractivity contribution in [3.8, 4) is 28.2 Å². The molecule has 160 valence electrons. The minimum atomic E-state index is 0.498. The van der Waals surface area contributed by atoms with Crippen LogP contribution in [0.4, 0.5) is 0 Å². The van der Waals surface area contributed by atoms with Crippen LogP contribution in [0.3, 0.4) is 0 Å². The first kappa shape index (κ1) is 21.1. The minimum Gasteiger partial charge on any atom is -0.474 e. The van der Waals surface area contributed by atoms with Crippen molar-refractivity contribution in [1.82, 2.24) is 9.55 Å². The molecular formula is C25H18Cl3N3O. The molecule has 7 heteroatoms. The maximum atomic E-state index is 6.79. The SMILES string of the molecule is Cc1cccc(-c2ccc(-n3cc(C4=NCCO4)nc3-c3c(Cl)cccc3Cl)c(Cl)c2)c1. The normalized spacial score (nSPS) is 13.2. The molecule has 0 fully saturated rings. The van der Waals surface area contributed by atoms with Gasteiger partial charge in [0.15, 0.2) is 0 Å². The van der Waals surface area contributed by atoms with Gasteiger partial charge in [-0.3, -0.25) is 4.57 Å². The van der Waals surface area contributed by atoms with Crippen LogP contribution in [0.1, 0.15) is 11.3 Å². The van der Waals surface area contributed by atoms with Crippen molar-refractivity contribution in [2.45, 2.75) is 6.92 Å². The van der Waals surface area contributed by atoms with Crippen molar-refractivity contribution in [2.24, 2.45) is 4.99 Å². The zero-order chi connectivity index (χ0) is 22.2. The number of rotatable bonds is 4. The quantitative estimate of drug-likeness (QED) is 0.307. The summed E-state index contributed by atoms with van der Waals surface area (Å²) in [7, 11) is 0. The number of benzene rings is 3. The number of hydrogen-bond acceptors (Lipinski definition) is 3. The molecule has 0 amide bonds. The number of ether oxygens (including phenoxy) is 1. The number of aliphatic imine (C=N–C) groups is 1. The molecule has 1 aliphatic heterocycles. The van der Waals surface area contributed by atoms with E-state index in [1.807, 2.05) is 35.0 Å². The predicted molar refractivity (Wildman–Crippen MR) is 132 cm³/mol. The van der Waals surface area contributed by atoms with Crippen LogP contribution >= 0.6 is 34.8 Å². The maximum Gasteiger partial charge on any atom is 0.237 e. The van der Waals surface area contributed by atoms with Crippen LogP contribution in [0, 0.1) is 6.92 Å². The van der Waals surface area contributed by atoms with E-state index >= 15 is 0 Å². The topological polar surface area (TPSA) is 39.4 Å². The highest BCUT2D eigenvalue weighted by molar-refractivity contribution is 6.39. The molecule has 0 radical (unpaired) electrons. The molecule has 0 saturated heterocycles. The van der Waals surface area contributed by atoms with Crippen molar-refractivity contribution in [3.05, 3.63) is 93.2 Å². The van der Waals surface area contributed by atoms with E-state index in [0.717, 1.165) is 16.8 Å². The average molecular weight is 483 g/mol. The van der Waals surface area contributed by atoms with Gasteiger partial charge in [-0.25, -0.2) is 9.98 Å². The lowest BCUT2D eigenvalue weighted by Gasteiger charge is -2.13. The summed E-state index contributed by atoms with van der Waals surface area (Å²) < 4.78 is 7.52. The summed E-state index contributed by atoms with van der Waals surface area (Å²) in [5.41, 5.74) is 5.31. The standard InChI is InChI=1S/C25H18Cl3N3O/c1-15-4-2-5-16(12-15)17-8-9-22(20(28)13-17)31-14-21(25-29-10-11-32-25)30-24(31)23-18(26)6-3-7-19(23)27/h2-9,12-14H,10-11H2,1H3. The molecule has 0 spiro atoms. The lowest BCUT2D eigenvalue weighted by atomic mass is 10.0. The Morgan fingerprint density at radius 2 is 1.62 bits per heavy atom. The molecule has 5 rings (SSSR count). The largest absolute Gasteiger partial charge is 0.474 e. The lowest BCUT2D eigenvalue weighted by Crippen LogP contribution is -2.01. The number of aromatic nitrogens is 2. The van der Waals surface area contributed by atoms with E-state index in [0.29, 0.717) is 51.2 Å². The molecule has 0 N–H and O–H groups in total. The zero-order valence-corrected chi connectivity index (χ0v) is 19.4. The van der Waals surface area contributed by atoms with Crippen molar-refractivity contribution in [2.75, 3.05) is 13.2 Å². The second-order valence-corrected chi connectivity index (χ2v) is 8.71. The first-order valence-corrected chi connectivity index (χ1v) is 11.2. The highest BCUT2D eigenvalue weighted by Gasteiger charge is 2.22. The Bertz CT molecular complexity index is 1340. The van der Waals surface area contributed by atoms with Crippen LogP contribution in [0.25, 0.3) is 28.2 Å². The Kier molecular flexibility index (Phi) is 5.68. The maximum absolute atomic E-state index is 6.79. The molecule has 0 unspecified atom stereocenters. The van der Waals surface area contributed by atoms with Crippen LogP contribution in [-0.2, 0) is 4.74 Å². The molecule has 0 aliphatic carbocycles. The van der Waals surface area contributed by atoms with Crippen LogP contribution in [0.15, 0.2) is 71.9 Å². The van der Waals surface area contributed by atoms with E-state index in [9.17, 15) is 0 Å². The summed E-state index contributed by atoms with van der Waals surface area (Å²) >= 11 is 19.8. The number of hydrogen-bond donors (Lipinski definition) is 0. The van der Waals surface area contributed by atoms with Gasteiger partial charge in [0.2, 0.25) is 5.90 Å². The van der Waals surface area contributed by atoms with E-state index in [1.54, 1.807) is 18.2 Å². The Balaban J connectivity index is 1.67. The molecule has 3 aromatic carbocycles. The fourth-order valence-corrected chi connectivity index (χ4v) is 4.59. The summed E-state index contributed by atoms with van der Waals surface area (Å²) in [5.74, 6) is 1.07. The van der Waals surface area contributed by atoms with E-state index < -0.39 is 0 Å². The molecule has 0 atom stereocenters. The van der Waals surface area contributed by atoms with Crippen LogP contribution in [0.5, 0.6) is 0 Å².